The standard InChI is InChI=1S/C26H28N6O5S/c1-36-23-5-3-19-25(29-23)32(24(34)13-27-19)16-6-9-30(10-7-16)11-8-18-14-31(26(35)37-18)17-2-4-21-20(12-17)28-22(33)15-38-21/h2-5,12-13,16,18H,6-11,14-15H2,1H3,(H,28,33)/t18-/m0/s1. The van der Waals surface area contributed by atoms with Crippen LogP contribution in [0.1, 0.15) is 25.3 Å². The van der Waals surface area contributed by atoms with Crippen molar-refractivity contribution in [1.29, 1.82) is 0 Å². The molecule has 1 aromatic carbocycles. The smallest absolute Gasteiger partial charge is 0.414 e. The van der Waals surface area contributed by atoms with E-state index in [1.165, 1.54) is 18.0 Å². The first-order chi connectivity index (χ1) is 18.5. The molecule has 0 aliphatic carbocycles. The van der Waals surface area contributed by atoms with E-state index in [9.17, 15) is 14.4 Å². The molecule has 0 radical (unpaired) electrons. The average molecular weight is 537 g/mol. The van der Waals surface area contributed by atoms with Crippen LogP contribution in [0.3, 0.4) is 0 Å². The molecule has 5 heterocycles. The fraction of sp³-hybridized carbons (Fsp3) is 0.423. The predicted octanol–water partition coefficient (Wildman–Crippen LogP) is 2.90. The Hall–Kier alpha value is -3.64. The molecule has 0 spiro atoms. The number of nitrogens with one attached hydrogen (secondary N) is 1. The molecule has 2 amide bonds. The van der Waals surface area contributed by atoms with Crippen LogP contribution in [-0.4, -0.2) is 76.6 Å². The van der Waals surface area contributed by atoms with Gasteiger partial charge in [-0.2, -0.15) is 4.98 Å². The van der Waals surface area contributed by atoms with Gasteiger partial charge in [-0.25, -0.2) is 9.78 Å². The molecule has 1 N–H and O–H groups in total. The molecule has 2 saturated heterocycles. The van der Waals surface area contributed by atoms with Crippen LogP contribution < -0.4 is 20.5 Å². The van der Waals surface area contributed by atoms with Crippen LogP contribution in [0.5, 0.6) is 5.88 Å². The van der Waals surface area contributed by atoms with Gasteiger partial charge in [-0.1, -0.05) is 0 Å². The third-order valence-corrected chi connectivity index (χ3v) is 8.36. The lowest BCUT2D eigenvalue weighted by Gasteiger charge is -2.33. The molecule has 12 heteroatoms. The average Bonchev–Trinajstić information content (AvgIpc) is 3.31. The summed E-state index contributed by atoms with van der Waals surface area (Å²) in [4.78, 5) is 50.8. The van der Waals surface area contributed by atoms with Crippen molar-refractivity contribution < 1.29 is 19.1 Å². The van der Waals surface area contributed by atoms with E-state index in [4.69, 9.17) is 9.47 Å². The van der Waals surface area contributed by atoms with E-state index in [2.05, 4.69) is 20.2 Å². The normalized spacial score (nSPS) is 20.3. The molecule has 11 nitrogen and oxygen atoms in total. The zero-order chi connectivity index (χ0) is 26.2. The lowest BCUT2D eigenvalue weighted by Crippen LogP contribution is -2.39. The maximum Gasteiger partial charge on any atom is 0.414 e. The molecule has 3 aliphatic rings. The maximum absolute atomic E-state index is 12.7. The Morgan fingerprint density at radius 2 is 2.00 bits per heavy atom. The van der Waals surface area contributed by atoms with E-state index in [0.29, 0.717) is 29.3 Å². The van der Waals surface area contributed by atoms with Gasteiger partial charge < -0.3 is 19.7 Å². The fourth-order valence-corrected chi connectivity index (χ4v) is 6.10. The Morgan fingerprint density at radius 1 is 1.16 bits per heavy atom. The second-order valence-corrected chi connectivity index (χ2v) is 10.7. The summed E-state index contributed by atoms with van der Waals surface area (Å²) in [5.74, 6) is 0.817. The number of pyridine rings is 1. The number of methoxy groups -OCH3 is 1. The number of likely N-dealkylation sites (tertiary alicyclic amines) is 1. The van der Waals surface area contributed by atoms with Crippen LogP contribution in [0.4, 0.5) is 16.2 Å². The second-order valence-electron chi connectivity index (χ2n) is 9.66. The monoisotopic (exact) mass is 536 g/mol. The molecule has 6 rings (SSSR count). The number of anilines is 2. The zero-order valence-electron chi connectivity index (χ0n) is 21.0. The Balaban J connectivity index is 1.06. The highest BCUT2D eigenvalue weighted by atomic mass is 32.2. The molecular weight excluding hydrogens is 508 g/mol. The summed E-state index contributed by atoms with van der Waals surface area (Å²) in [5, 5.41) is 2.87. The summed E-state index contributed by atoms with van der Waals surface area (Å²) in [5.41, 5.74) is 2.52. The zero-order valence-corrected chi connectivity index (χ0v) is 21.8. The summed E-state index contributed by atoms with van der Waals surface area (Å²) >= 11 is 1.49. The third kappa shape index (κ3) is 4.81. The SMILES string of the molecule is COc1ccc2ncc(=O)n(C3CCN(CC[C@H]4CN(c5ccc6c(c5)NC(=O)CS6)C(=O)O4)CC3)c2n1. The number of hydrogen-bond acceptors (Lipinski definition) is 9. The minimum Gasteiger partial charge on any atom is -0.481 e. The van der Waals surface area contributed by atoms with E-state index in [-0.39, 0.29) is 29.7 Å². The number of hydrogen-bond donors (Lipinski definition) is 1. The number of carbonyl (C=O) groups is 2. The first-order valence-electron chi connectivity index (χ1n) is 12.7. The maximum atomic E-state index is 12.7. The van der Waals surface area contributed by atoms with Crippen LogP contribution in [-0.2, 0) is 9.53 Å². The van der Waals surface area contributed by atoms with Crippen molar-refractivity contribution in [2.24, 2.45) is 0 Å². The molecule has 198 valence electrons. The van der Waals surface area contributed by atoms with Crippen LogP contribution in [0, 0.1) is 0 Å². The second kappa shape index (κ2) is 10.3. The topological polar surface area (TPSA) is 119 Å². The summed E-state index contributed by atoms with van der Waals surface area (Å²) < 4.78 is 12.7. The first-order valence-corrected chi connectivity index (χ1v) is 13.7. The van der Waals surface area contributed by atoms with Crippen molar-refractivity contribution in [1.82, 2.24) is 19.4 Å². The van der Waals surface area contributed by atoms with E-state index >= 15 is 0 Å². The van der Waals surface area contributed by atoms with Gasteiger partial charge in [0.1, 0.15) is 11.6 Å². The number of fused-ring (bicyclic) bond motifs is 2. The van der Waals surface area contributed by atoms with Gasteiger partial charge in [-0.3, -0.25) is 19.1 Å². The van der Waals surface area contributed by atoms with Gasteiger partial charge in [0.15, 0.2) is 5.65 Å². The van der Waals surface area contributed by atoms with Crippen molar-refractivity contribution in [2.75, 3.05) is 49.3 Å². The van der Waals surface area contributed by atoms with Crippen LogP contribution in [0.2, 0.25) is 0 Å². The summed E-state index contributed by atoms with van der Waals surface area (Å²) in [6.45, 7) is 2.93. The van der Waals surface area contributed by atoms with Crippen LogP contribution in [0.25, 0.3) is 11.2 Å². The van der Waals surface area contributed by atoms with Gasteiger partial charge in [0.25, 0.3) is 5.56 Å². The summed E-state index contributed by atoms with van der Waals surface area (Å²) in [6.07, 6.45) is 3.14. The van der Waals surface area contributed by atoms with Crippen LogP contribution >= 0.6 is 11.8 Å². The predicted molar refractivity (Wildman–Crippen MR) is 143 cm³/mol. The Bertz CT molecular complexity index is 1450. The van der Waals surface area contributed by atoms with Gasteiger partial charge in [-0.05, 0) is 43.5 Å². The molecule has 1 atom stereocenters. The molecule has 38 heavy (non-hydrogen) atoms. The van der Waals surface area contributed by atoms with E-state index in [1.807, 2.05) is 24.3 Å². The van der Waals surface area contributed by atoms with Crippen molar-refractivity contribution in [3.8, 4) is 5.88 Å². The first kappa shape index (κ1) is 24.7. The number of nitrogens with zero attached hydrogens (tertiary/aromatic N) is 5. The van der Waals surface area contributed by atoms with Crippen molar-refractivity contribution in [3.63, 3.8) is 0 Å². The van der Waals surface area contributed by atoms with Gasteiger partial charge in [0.05, 0.1) is 31.3 Å². The van der Waals surface area contributed by atoms with Gasteiger partial charge in [0, 0.05) is 42.3 Å². The van der Waals surface area contributed by atoms with Gasteiger partial charge in [0.2, 0.25) is 11.8 Å². The Labute approximate surface area is 223 Å². The highest BCUT2D eigenvalue weighted by Gasteiger charge is 2.33. The fourth-order valence-electron chi connectivity index (χ4n) is 5.31. The Morgan fingerprint density at radius 3 is 2.82 bits per heavy atom. The van der Waals surface area contributed by atoms with Crippen LogP contribution in [0.15, 0.2) is 46.2 Å². The molecule has 0 bridgehead atoms. The third-order valence-electron chi connectivity index (χ3n) is 7.29. The highest BCUT2D eigenvalue weighted by molar-refractivity contribution is 8.00. The molecule has 3 aromatic rings. The Kier molecular flexibility index (Phi) is 6.66. The van der Waals surface area contributed by atoms with Crippen molar-refractivity contribution in [3.05, 3.63) is 46.9 Å². The largest absolute Gasteiger partial charge is 0.481 e. The molecule has 2 fully saturated rings. The lowest BCUT2D eigenvalue weighted by molar-refractivity contribution is -0.113. The number of benzene rings is 1. The summed E-state index contributed by atoms with van der Waals surface area (Å²) in [6, 6.07) is 9.26. The molecular formula is C26H28N6O5S. The van der Waals surface area contributed by atoms with E-state index < -0.39 is 0 Å². The number of rotatable bonds is 6. The number of cyclic esters (lactones) is 1. The lowest BCUT2D eigenvalue weighted by atomic mass is 10.0. The van der Waals surface area contributed by atoms with Gasteiger partial charge >= 0.3 is 6.09 Å². The van der Waals surface area contributed by atoms with Gasteiger partial charge in [-0.15, -0.1) is 11.8 Å². The number of piperidine rings is 1. The molecule has 0 unspecified atom stereocenters. The number of amides is 2. The van der Waals surface area contributed by atoms with E-state index in [1.54, 1.807) is 22.6 Å². The molecule has 3 aliphatic heterocycles. The highest BCUT2D eigenvalue weighted by Crippen LogP contribution is 2.36. The number of thioether (sulfide) groups is 1. The molecule has 0 saturated carbocycles. The number of carbonyl (C=O) groups excluding carboxylic acids is 2. The summed E-state index contributed by atoms with van der Waals surface area (Å²) in [7, 11) is 1.55. The number of ether oxygens (including phenoxy) is 2. The van der Waals surface area contributed by atoms with Crippen molar-refractivity contribution in [2.45, 2.75) is 36.3 Å². The minimum absolute atomic E-state index is 0.0336. The quantitative estimate of drug-likeness (QED) is 0.507. The number of aromatic nitrogens is 3. The van der Waals surface area contributed by atoms with Crippen molar-refractivity contribution >= 4 is 46.3 Å². The van der Waals surface area contributed by atoms with E-state index in [0.717, 1.165) is 55.2 Å². The minimum atomic E-state index is -0.365. The molecule has 2 aromatic heterocycles.